The lowest BCUT2D eigenvalue weighted by atomic mass is 10.0. The van der Waals surface area contributed by atoms with Crippen molar-refractivity contribution in [3.05, 3.63) is 99.7 Å². The first kappa shape index (κ1) is 21.6. The highest BCUT2D eigenvalue weighted by molar-refractivity contribution is 6.46. The molecule has 166 valence electrons. The maximum absolute atomic E-state index is 14.4. The van der Waals surface area contributed by atoms with E-state index in [2.05, 4.69) is 5.32 Å². The van der Waals surface area contributed by atoms with Gasteiger partial charge in [0, 0.05) is 30.0 Å². The van der Waals surface area contributed by atoms with Crippen LogP contribution in [0.5, 0.6) is 5.75 Å². The van der Waals surface area contributed by atoms with Crippen LogP contribution < -0.4 is 15.0 Å². The van der Waals surface area contributed by atoms with Gasteiger partial charge in [0.25, 0.3) is 17.5 Å². The first-order chi connectivity index (χ1) is 15.8. The zero-order chi connectivity index (χ0) is 23.7. The van der Waals surface area contributed by atoms with Crippen molar-refractivity contribution in [1.29, 1.82) is 0 Å². The fraction of sp³-hybridized carbons (Fsp3) is 0.0435. The Bertz CT molecular complexity index is 1320. The number of carbonyl (C=O) groups is 2. The van der Waals surface area contributed by atoms with E-state index in [0.29, 0.717) is 16.3 Å². The van der Waals surface area contributed by atoms with Gasteiger partial charge in [0.1, 0.15) is 23.1 Å². The predicted molar refractivity (Wildman–Crippen MR) is 115 cm³/mol. The number of benzene rings is 3. The number of halogens is 2. The van der Waals surface area contributed by atoms with Crippen molar-refractivity contribution in [1.82, 2.24) is 0 Å². The van der Waals surface area contributed by atoms with Crippen LogP contribution in [0.3, 0.4) is 0 Å². The van der Waals surface area contributed by atoms with E-state index in [1.807, 2.05) is 0 Å². The van der Waals surface area contributed by atoms with Crippen molar-refractivity contribution in [2.45, 2.75) is 0 Å². The molecular formula is C23H15F2N3O5. The third-order valence-electron chi connectivity index (χ3n) is 4.94. The maximum Gasteiger partial charge on any atom is 0.282 e. The van der Waals surface area contributed by atoms with Crippen LogP contribution in [0.2, 0.25) is 0 Å². The van der Waals surface area contributed by atoms with Crippen LogP contribution in [0.25, 0.3) is 5.57 Å². The van der Waals surface area contributed by atoms with Gasteiger partial charge >= 0.3 is 0 Å². The fourth-order valence-corrected chi connectivity index (χ4v) is 3.38. The lowest BCUT2D eigenvalue weighted by Crippen LogP contribution is -2.33. The summed E-state index contributed by atoms with van der Waals surface area (Å²) in [6.07, 6.45) is 0. The molecule has 0 atom stereocenters. The van der Waals surface area contributed by atoms with E-state index in [1.165, 1.54) is 31.4 Å². The molecule has 0 unspecified atom stereocenters. The molecule has 1 heterocycles. The molecule has 0 aromatic heterocycles. The largest absolute Gasteiger partial charge is 0.497 e. The van der Waals surface area contributed by atoms with E-state index in [1.54, 1.807) is 24.3 Å². The van der Waals surface area contributed by atoms with Gasteiger partial charge in [-0.15, -0.1) is 0 Å². The van der Waals surface area contributed by atoms with Gasteiger partial charge in [0.2, 0.25) is 0 Å². The normalized spacial score (nSPS) is 13.5. The van der Waals surface area contributed by atoms with Crippen LogP contribution in [0.1, 0.15) is 5.56 Å². The number of methoxy groups -OCH3 is 1. The number of non-ortho nitro benzene ring substituents is 1. The summed E-state index contributed by atoms with van der Waals surface area (Å²) in [5.41, 5.74) is -0.541. The molecule has 3 aromatic rings. The van der Waals surface area contributed by atoms with Gasteiger partial charge in [-0.3, -0.25) is 19.7 Å². The van der Waals surface area contributed by atoms with Crippen LogP contribution in [0, 0.1) is 21.7 Å². The molecule has 0 fully saturated rings. The smallest absolute Gasteiger partial charge is 0.282 e. The Kier molecular flexibility index (Phi) is 5.57. The Balaban J connectivity index is 1.84. The standard InChI is InChI=1S/C23H15F2N3O5/c1-33-17-4-2-3-15(12-17)26-21-20(13-5-8-16(9-6-13)28(31)32)22(29)27(23(21)30)19-11-14(24)7-10-18(19)25/h2-12,26H,1H3. The van der Waals surface area contributed by atoms with Crippen LogP contribution in [0.15, 0.2) is 72.4 Å². The molecule has 1 N–H and O–H groups in total. The van der Waals surface area contributed by atoms with E-state index >= 15 is 0 Å². The third kappa shape index (κ3) is 4.01. The van der Waals surface area contributed by atoms with Crippen molar-refractivity contribution in [2.24, 2.45) is 0 Å². The van der Waals surface area contributed by atoms with Gasteiger partial charge in [-0.2, -0.15) is 0 Å². The Hall–Kier alpha value is -4.60. The van der Waals surface area contributed by atoms with Gasteiger partial charge in [-0.05, 0) is 42.0 Å². The molecule has 0 spiro atoms. The van der Waals surface area contributed by atoms with E-state index in [4.69, 9.17) is 4.74 Å². The molecule has 4 rings (SSSR count). The summed E-state index contributed by atoms with van der Waals surface area (Å²) in [6.45, 7) is 0. The summed E-state index contributed by atoms with van der Waals surface area (Å²) >= 11 is 0. The SMILES string of the molecule is COc1cccc(NC2=C(c3ccc([N+](=O)[O-])cc3)C(=O)N(c3cc(F)ccc3F)C2=O)c1. The molecule has 0 radical (unpaired) electrons. The molecule has 0 saturated heterocycles. The van der Waals surface area contributed by atoms with Crippen molar-refractivity contribution >= 4 is 34.4 Å². The van der Waals surface area contributed by atoms with E-state index in [0.717, 1.165) is 18.2 Å². The molecule has 8 nitrogen and oxygen atoms in total. The Morgan fingerprint density at radius 3 is 2.36 bits per heavy atom. The molecule has 3 aromatic carbocycles. The quantitative estimate of drug-likeness (QED) is 0.341. The summed E-state index contributed by atoms with van der Waals surface area (Å²) in [7, 11) is 1.46. The first-order valence-corrected chi connectivity index (χ1v) is 9.54. The maximum atomic E-state index is 14.4. The zero-order valence-electron chi connectivity index (χ0n) is 17.0. The van der Waals surface area contributed by atoms with Crippen molar-refractivity contribution in [2.75, 3.05) is 17.3 Å². The Labute approximate surface area is 185 Å². The molecule has 0 aliphatic carbocycles. The lowest BCUT2D eigenvalue weighted by molar-refractivity contribution is -0.384. The van der Waals surface area contributed by atoms with E-state index in [9.17, 15) is 28.5 Å². The highest BCUT2D eigenvalue weighted by Crippen LogP contribution is 2.36. The summed E-state index contributed by atoms with van der Waals surface area (Å²) in [6, 6.07) is 13.9. The minimum absolute atomic E-state index is 0.152. The van der Waals surface area contributed by atoms with Crippen LogP contribution >= 0.6 is 0 Å². The van der Waals surface area contributed by atoms with Gasteiger partial charge in [-0.25, -0.2) is 13.7 Å². The predicted octanol–water partition coefficient (Wildman–Crippen LogP) is 4.28. The minimum atomic E-state index is -0.969. The number of hydrogen-bond donors (Lipinski definition) is 1. The van der Waals surface area contributed by atoms with Gasteiger partial charge in [0.05, 0.1) is 23.3 Å². The number of amides is 2. The second-order valence-electron chi connectivity index (χ2n) is 6.95. The monoisotopic (exact) mass is 451 g/mol. The number of hydrogen-bond acceptors (Lipinski definition) is 6. The number of nitrogens with zero attached hydrogens (tertiary/aromatic N) is 2. The zero-order valence-corrected chi connectivity index (χ0v) is 17.0. The average molecular weight is 451 g/mol. The number of carbonyl (C=O) groups excluding carboxylic acids is 2. The number of nitro benzene ring substituents is 1. The highest BCUT2D eigenvalue weighted by Gasteiger charge is 2.41. The molecule has 33 heavy (non-hydrogen) atoms. The first-order valence-electron chi connectivity index (χ1n) is 9.54. The summed E-state index contributed by atoms with van der Waals surface area (Å²) in [5.74, 6) is -3.16. The number of ether oxygens (including phenoxy) is 1. The summed E-state index contributed by atoms with van der Waals surface area (Å²) in [4.78, 5) is 37.4. The van der Waals surface area contributed by atoms with Gasteiger partial charge in [-0.1, -0.05) is 6.07 Å². The average Bonchev–Trinajstić information content (AvgIpc) is 3.04. The van der Waals surface area contributed by atoms with Crippen molar-refractivity contribution in [3.8, 4) is 5.75 Å². The minimum Gasteiger partial charge on any atom is -0.497 e. The molecule has 2 amide bonds. The molecular weight excluding hydrogens is 436 g/mol. The van der Waals surface area contributed by atoms with Crippen LogP contribution in [0.4, 0.5) is 25.8 Å². The summed E-state index contributed by atoms with van der Waals surface area (Å²) < 4.78 is 33.4. The second-order valence-corrected chi connectivity index (χ2v) is 6.95. The molecule has 0 saturated carbocycles. The van der Waals surface area contributed by atoms with Gasteiger partial charge < -0.3 is 10.1 Å². The van der Waals surface area contributed by atoms with E-state index < -0.39 is 34.1 Å². The number of imide groups is 1. The van der Waals surface area contributed by atoms with Crippen molar-refractivity contribution in [3.63, 3.8) is 0 Å². The van der Waals surface area contributed by atoms with Crippen LogP contribution in [-0.4, -0.2) is 23.8 Å². The number of rotatable bonds is 6. The molecule has 10 heteroatoms. The Morgan fingerprint density at radius 2 is 1.70 bits per heavy atom. The number of nitrogens with one attached hydrogen (secondary N) is 1. The number of nitro groups is 1. The lowest BCUT2D eigenvalue weighted by Gasteiger charge is -2.16. The Morgan fingerprint density at radius 1 is 0.970 bits per heavy atom. The topological polar surface area (TPSA) is 102 Å². The highest BCUT2D eigenvalue weighted by atomic mass is 19.1. The van der Waals surface area contributed by atoms with Crippen LogP contribution in [-0.2, 0) is 9.59 Å². The van der Waals surface area contributed by atoms with Crippen molar-refractivity contribution < 1.29 is 28.0 Å². The van der Waals surface area contributed by atoms with Gasteiger partial charge in [0.15, 0.2) is 0 Å². The molecule has 1 aliphatic rings. The molecule has 1 aliphatic heterocycles. The van der Waals surface area contributed by atoms with E-state index in [-0.39, 0.29) is 22.5 Å². The second kappa shape index (κ2) is 8.50. The molecule has 0 bridgehead atoms. The fourth-order valence-electron chi connectivity index (χ4n) is 3.38. The third-order valence-corrected chi connectivity index (χ3v) is 4.94. The number of anilines is 2. The summed E-state index contributed by atoms with van der Waals surface area (Å²) in [5, 5.41) is 13.8.